The van der Waals surface area contributed by atoms with Crippen molar-refractivity contribution >= 4 is 22.3 Å². The predicted octanol–water partition coefficient (Wildman–Crippen LogP) is 3.95. The number of carbonyl (C=O) groups is 2. The number of carbonyl (C=O) groups excluding carboxylic acids is 2. The number of rotatable bonds is 3. The molecule has 0 amide bonds. The molecule has 1 aliphatic carbocycles. The van der Waals surface area contributed by atoms with Gasteiger partial charge in [0.1, 0.15) is 5.92 Å². The van der Waals surface area contributed by atoms with Gasteiger partial charge in [-0.25, -0.2) is 0 Å². The molecule has 1 unspecified atom stereocenters. The Kier molecular flexibility index (Phi) is 4.18. The van der Waals surface area contributed by atoms with E-state index >= 15 is 0 Å². The van der Waals surface area contributed by atoms with Crippen LogP contribution in [0.2, 0.25) is 0 Å². The molecule has 7 nitrogen and oxygen atoms in total. The molecule has 0 aromatic heterocycles. The molecule has 1 N–H and O–H groups in total. The second kappa shape index (κ2) is 6.91. The second-order valence-electron chi connectivity index (χ2n) is 7.27. The third kappa shape index (κ3) is 2.67. The summed E-state index contributed by atoms with van der Waals surface area (Å²) in [6.45, 7) is 0. The van der Waals surface area contributed by atoms with Crippen molar-refractivity contribution < 1.29 is 19.2 Å². The lowest BCUT2D eigenvalue weighted by Crippen LogP contribution is -2.35. The Morgan fingerprint density at radius 2 is 1.55 bits per heavy atom. The fourth-order valence-corrected chi connectivity index (χ4v) is 4.33. The Hall–Kier alpha value is -4.26. The van der Waals surface area contributed by atoms with Gasteiger partial charge in [0.2, 0.25) is 5.78 Å². The summed E-state index contributed by atoms with van der Waals surface area (Å²) >= 11 is 0. The van der Waals surface area contributed by atoms with Gasteiger partial charge < -0.3 is 10.1 Å². The highest BCUT2D eigenvalue weighted by Gasteiger charge is 2.49. The number of Topliss-reactive ketones (excluding diaryl/α,β-unsaturated/α-hetero) is 2. The van der Waals surface area contributed by atoms with Crippen molar-refractivity contribution in [3.8, 4) is 0 Å². The van der Waals surface area contributed by atoms with E-state index in [0.717, 1.165) is 10.8 Å². The molecular formula is C24H16N2O5. The van der Waals surface area contributed by atoms with Crippen LogP contribution in [0, 0.1) is 10.1 Å². The zero-order chi connectivity index (χ0) is 21.7. The van der Waals surface area contributed by atoms with Crippen molar-refractivity contribution in [2.75, 3.05) is 7.05 Å². The number of allylic oxidation sites excluding steroid dienone is 2. The molecule has 152 valence electrons. The van der Waals surface area contributed by atoms with Crippen LogP contribution in [0.15, 0.2) is 89.6 Å². The van der Waals surface area contributed by atoms with E-state index in [0.29, 0.717) is 5.56 Å². The maximum Gasteiger partial charge on any atom is 0.317 e. The molecule has 3 aromatic rings. The van der Waals surface area contributed by atoms with Gasteiger partial charge in [-0.05, 0) is 16.3 Å². The number of nitro groups is 1. The minimum atomic E-state index is -1.07. The standard InChI is InChI=1S/C24H16N2O5/c1-25-24-20(26(29)30)18(15-12-6-8-13-7-2-3-9-14(13)15)19-21(27)16-10-4-5-11-17(16)22(28)23(19)31-24/h2-12,18,25H,1H3. The topological polar surface area (TPSA) is 98.5 Å². The third-order valence-corrected chi connectivity index (χ3v) is 5.67. The first-order valence-electron chi connectivity index (χ1n) is 9.67. The molecular weight excluding hydrogens is 396 g/mol. The molecule has 5 rings (SSSR count). The zero-order valence-corrected chi connectivity index (χ0v) is 16.4. The Labute approximate surface area is 176 Å². The van der Waals surface area contributed by atoms with E-state index in [-0.39, 0.29) is 34.0 Å². The predicted molar refractivity (Wildman–Crippen MR) is 113 cm³/mol. The Balaban J connectivity index is 1.85. The van der Waals surface area contributed by atoms with Gasteiger partial charge in [-0.3, -0.25) is 19.7 Å². The number of nitrogens with zero attached hydrogens (tertiary/aromatic N) is 1. The summed E-state index contributed by atoms with van der Waals surface area (Å²) in [5, 5.41) is 16.5. The van der Waals surface area contributed by atoms with E-state index in [9.17, 15) is 19.7 Å². The highest BCUT2D eigenvalue weighted by molar-refractivity contribution is 6.27. The molecule has 31 heavy (non-hydrogen) atoms. The summed E-state index contributed by atoms with van der Waals surface area (Å²) in [5.41, 5.74) is 0.691. The zero-order valence-electron chi connectivity index (χ0n) is 16.4. The molecule has 0 bridgehead atoms. The first-order chi connectivity index (χ1) is 15.0. The van der Waals surface area contributed by atoms with E-state index in [1.54, 1.807) is 36.4 Å². The number of fused-ring (bicyclic) bond motifs is 2. The SMILES string of the molecule is CNC1=C([N+](=O)[O-])C(c2cccc3ccccc23)C2=C(O1)C(=O)c1ccccc1C2=O. The number of hydrogen-bond donors (Lipinski definition) is 1. The highest BCUT2D eigenvalue weighted by Crippen LogP contribution is 2.46. The van der Waals surface area contributed by atoms with E-state index in [2.05, 4.69) is 5.32 Å². The summed E-state index contributed by atoms with van der Waals surface area (Å²) in [5.74, 6) is -2.31. The minimum Gasteiger partial charge on any atom is -0.431 e. The monoisotopic (exact) mass is 412 g/mol. The Morgan fingerprint density at radius 1 is 0.903 bits per heavy atom. The minimum absolute atomic E-state index is 0.00856. The van der Waals surface area contributed by atoms with Gasteiger partial charge in [0, 0.05) is 18.2 Å². The first kappa shape index (κ1) is 18.7. The van der Waals surface area contributed by atoms with Crippen molar-refractivity contribution in [1.82, 2.24) is 5.32 Å². The largest absolute Gasteiger partial charge is 0.431 e. The van der Waals surface area contributed by atoms with Crippen molar-refractivity contribution in [3.63, 3.8) is 0 Å². The van der Waals surface area contributed by atoms with Gasteiger partial charge in [0.25, 0.3) is 5.88 Å². The average Bonchev–Trinajstić information content (AvgIpc) is 2.80. The maximum atomic E-state index is 13.5. The molecule has 1 atom stereocenters. The molecule has 0 spiro atoms. The molecule has 0 saturated carbocycles. The fourth-order valence-electron chi connectivity index (χ4n) is 4.33. The van der Waals surface area contributed by atoms with Gasteiger partial charge in [0.15, 0.2) is 11.5 Å². The lowest BCUT2D eigenvalue weighted by Gasteiger charge is -2.30. The molecule has 0 fully saturated rings. The van der Waals surface area contributed by atoms with Gasteiger partial charge in [-0.1, -0.05) is 66.7 Å². The number of ketones is 2. The summed E-state index contributed by atoms with van der Waals surface area (Å²) in [7, 11) is 1.48. The molecule has 7 heteroatoms. The molecule has 1 aliphatic heterocycles. The lowest BCUT2D eigenvalue weighted by molar-refractivity contribution is -0.433. The van der Waals surface area contributed by atoms with E-state index < -0.39 is 22.4 Å². The number of hydrogen-bond acceptors (Lipinski definition) is 6. The Bertz CT molecular complexity index is 1360. The van der Waals surface area contributed by atoms with Crippen molar-refractivity contribution in [3.05, 3.63) is 116 Å². The quantitative estimate of drug-likeness (QED) is 0.517. The van der Waals surface area contributed by atoms with Crippen LogP contribution < -0.4 is 5.32 Å². The van der Waals surface area contributed by atoms with E-state index in [1.807, 2.05) is 30.3 Å². The summed E-state index contributed by atoms with van der Waals surface area (Å²) in [4.78, 5) is 38.3. The number of benzene rings is 3. The highest BCUT2D eigenvalue weighted by atomic mass is 16.6. The summed E-state index contributed by atoms with van der Waals surface area (Å²) < 4.78 is 5.65. The summed E-state index contributed by atoms with van der Waals surface area (Å²) in [6, 6.07) is 19.3. The maximum absolute atomic E-state index is 13.5. The summed E-state index contributed by atoms with van der Waals surface area (Å²) in [6.07, 6.45) is 0. The number of ether oxygens (including phenoxy) is 1. The van der Waals surface area contributed by atoms with Crippen LogP contribution in [0.3, 0.4) is 0 Å². The molecule has 2 aliphatic rings. The third-order valence-electron chi connectivity index (χ3n) is 5.67. The lowest BCUT2D eigenvalue weighted by atomic mass is 9.76. The smallest absolute Gasteiger partial charge is 0.317 e. The van der Waals surface area contributed by atoms with E-state index in [1.165, 1.54) is 7.05 Å². The number of nitrogens with one attached hydrogen (secondary N) is 1. The molecule has 1 heterocycles. The second-order valence-corrected chi connectivity index (χ2v) is 7.27. The van der Waals surface area contributed by atoms with Gasteiger partial charge in [-0.2, -0.15) is 0 Å². The normalized spacial score (nSPS) is 17.9. The van der Waals surface area contributed by atoms with Crippen LogP contribution in [0.4, 0.5) is 0 Å². The van der Waals surface area contributed by atoms with Crippen molar-refractivity contribution in [2.24, 2.45) is 0 Å². The molecule has 0 radical (unpaired) electrons. The Morgan fingerprint density at radius 3 is 2.26 bits per heavy atom. The molecule has 3 aromatic carbocycles. The van der Waals surface area contributed by atoms with Gasteiger partial charge in [-0.15, -0.1) is 0 Å². The van der Waals surface area contributed by atoms with Gasteiger partial charge in [0.05, 0.1) is 10.5 Å². The van der Waals surface area contributed by atoms with Crippen LogP contribution in [0.25, 0.3) is 10.8 Å². The fraction of sp³-hybridized carbons (Fsp3) is 0.0833. The first-order valence-corrected chi connectivity index (χ1v) is 9.67. The van der Waals surface area contributed by atoms with Gasteiger partial charge >= 0.3 is 5.70 Å². The van der Waals surface area contributed by atoms with Crippen molar-refractivity contribution in [2.45, 2.75) is 5.92 Å². The van der Waals surface area contributed by atoms with Crippen LogP contribution in [0.5, 0.6) is 0 Å². The average molecular weight is 412 g/mol. The van der Waals surface area contributed by atoms with E-state index in [4.69, 9.17) is 4.74 Å². The van der Waals surface area contributed by atoms with Crippen LogP contribution in [0.1, 0.15) is 32.2 Å². The van der Waals surface area contributed by atoms with Crippen molar-refractivity contribution in [1.29, 1.82) is 0 Å². The van der Waals surface area contributed by atoms with Crippen LogP contribution >= 0.6 is 0 Å². The van der Waals surface area contributed by atoms with Crippen LogP contribution in [-0.4, -0.2) is 23.5 Å². The van der Waals surface area contributed by atoms with Crippen LogP contribution in [-0.2, 0) is 4.74 Å². The molecule has 0 saturated heterocycles.